The lowest BCUT2D eigenvalue weighted by molar-refractivity contribution is -0.127. The largest absolute Gasteiger partial charge is 0.497 e. The van der Waals surface area contributed by atoms with Gasteiger partial charge in [0.2, 0.25) is 6.29 Å². The van der Waals surface area contributed by atoms with E-state index in [1.54, 1.807) is 0 Å². The van der Waals surface area contributed by atoms with Crippen LogP contribution in [0, 0.1) is 5.82 Å². The molecular formula is C10H10FNO4. The number of carbonyl (C=O) groups is 2. The number of nitrogens with one attached hydrogen (secondary N) is 1. The number of carbonyl (C=O) groups excluding carboxylic acids is 2. The quantitative estimate of drug-likeness (QED) is 0.615. The maximum Gasteiger partial charge on any atom is 0.288 e. The van der Waals surface area contributed by atoms with Crippen LogP contribution in [0.5, 0.6) is 11.5 Å². The van der Waals surface area contributed by atoms with Gasteiger partial charge in [-0.15, -0.1) is 0 Å². The van der Waals surface area contributed by atoms with Crippen LogP contribution in [0.4, 0.5) is 10.1 Å². The van der Waals surface area contributed by atoms with Gasteiger partial charge in [0, 0.05) is 12.1 Å². The highest BCUT2D eigenvalue weighted by Crippen LogP contribution is 2.32. The topological polar surface area (TPSA) is 64.6 Å². The lowest BCUT2D eigenvalue weighted by Gasteiger charge is -2.11. The van der Waals surface area contributed by atoms with Gasteiger partial charge in [-0.05, 0) is 0 Å². The molecule has 0 aliphatic rings. The number of methoxy groups -OCH3 is 2. The molecule has 1 aromatic carbocycles. The van der Waals surface area contributed by atoms with Crippen LogP contribution in [-0.2, 0) is 9.59 Å². The molecule has 0 fully saturated rings. The number of rotatable bonds is 4. The van der Waals surface area contributed by atoms with Crippen molar-refractivity contribution in [2.24, 2.45) is 0 Å². The Kier molecular flexibility index (Phi) is 3.82. The molecule has 0 heterocycles. The molecule has 1 N–H and O–H groups in total. The van der Waals surface area contributed by atoms with Crippen molar-refractivity contribution in [2.45, 2.75) is 0 Å². The average Bonchev–Trinajstić information content (AvgIpc) is 2.30. The van der Waals surface area contributed by atoms with Crippen LogP contribution in [0.1, 0.15) is 0 Å². The fraction of sp³-hybridized carbons (Fsp3) is 0.200. The molecular weight excluding hydrogens is 217 g/mol. The molecule has 1 aromatic rings. The molecule has 0 aliphatic carbocycles. The number of amides is 1. The van der Waals surface area contributed by atoms with Crippen LogP contribution < -0.4 is 14.8 Å². The Morgan fingerprint density at radius 1 is 1.38 bits per heavy atom. The zero-order valence-corrected chi connectivity index (χ0v) is 8.74. The van der Waals surface area contributed by atoms with Crippen molar-refractivity contribution in [2.75, 3.05) is 19.5 Å². The third kappa shape index (κ3) is 2.47. The molecule has 0 saturated heterocycles. The van der Waals surface area contributed by atoms with Crippen LogP contribution in [0.2, 0.25) is 0 Å². The Morgan fingerprint density at radius 2 is 2.06 bits per heavy atom. The van der Waals surface area contributed by atoms with E-state index in [9.17, 15) is 14.0 Å². The van der Waals surface area contributed by atoms with E-state index < -0.39 is 11.7 Å². The number of ether oxygens (including phenoxy) is 2. The summed E-state index contributed by atoms with van der Waals surface area (Å²) in [7, 11) is 2.68. The normalized spacial score (nSPS) is 9.44. The van der Waals surface area contributed by atoms with Gasteiger partial charge in [0.05, 0.1) is 14.2 Å². The van der Waals surface area contributed by atoms with Gasteiger partial charge < -0.3 is 14.8 Å². The summed E-state index contributed by atoms with van der Waals surface area (Å²) in [6.07, 6.45) is 0.0448. The lowest BCUT2D eigenvalue weighted by Crippen LogP contribution is -2.14. The van der Waals surface area contributed by atoms with Crippen molar-refractivity contribution in [3.63, 3.8) is 0 Å². The summed E-state index contributed by atoms with van der Waals surface area (Å²) in [5.74, 6) is -1.38. The molecule has 6 heteroatoms. The highest BCUT2D eigenvalue weighted by Gasteiger charge is 2.14. The zero-order valence-electron chi connectivity index (χ0n) is 8.74. The number of aldehydes is 1. The Balaban J connectivity index is 3.15. The van der Waals surface area contributed by atoms with Crippen molar-refractivity contribution in [1.82, 2.24) is 0 Å². The highest BCUT2D eigenvalue weighted by molar-refractivity contribution is 6.29. The minimum Gasteiger partial charge on any atom is -0.497 e. The van der Waals surface area contributed by atoms with Gasteiger partial charge in [0.1, 0.15) is 17.2 Å². The van der Waals surface area contributed by atoms with E-state index in [0.717, 1.165) is 6.07 Å². The molecule has 0 aromatic heterocycles. The van der Waals surface area contributed by atoms with Gasteiger partial charge in [-0.3, -0.25) is 9.59 Å². The summed E-state index contributed by atoms with van der Waals surface area (Å²) in [5, 5.41) is 2.07. The van der Waals surface area contributed by atoms with Crippen LogP contribution in [0.25, 0.3) is 0 Å². The maximum atomic E-state index is 13.5. The van der Waals surface area contributed by atoms with Crippen LogP contribution in [-0.4, -0.2) is 26.4 Å². The summed E-state index contributed by atoms with van der Waals surface area (Å²) < 4.78 is 23.2. The molecule has 0 atom stereocenters. The second-order valence-corrected chi connectivity index (χ2v) is 2.79. The van der Waals surface area contributed by atoms with Crippen molar-refractivity contribution < 1.29 is 23.5 Å². The first-order valence-electron chi connectivity index (χ1n) is 4.30. The van der Waals surface area contributed by atoms with Crippen LogP contribution in [0.3, 0.4) is 0 Å². The van der Waals surface area contributed by atoms with E-state index in [2.05, 4.69) is 5.32 Å². The average molecular weight is 227 g/mol. The number of anilines is 1. The number of hydrogen-bond acceptors (Lipinski definition) is 4. The maximum absolute atomic E-state index is 13.5. The second kappa shape index (κ2) is 5.11. The Morgan fingerprint density at radius 3 is 2.56 bits per heavy atom. The summed E-state index contributed by atoms with van der Waals surface area (Å²) in [6.45, 7) is 0. The minimum absolute atomic E-state index is 0.0448. The van der Waals surface area contributed by atoms with Gasteiger partial charge in [0.15, 0.2) is 5.82 Å². The van der Waals surface area contributed by atoms with Crippen molar-refractivity contribution in [1.29, 1.82) is 0 Å². The first-order chi connectivity index (χ1) is 7.62. The first kappa shape index (κ1) is 12.0. The summed E-state index contributed by atoms with van der Waals surface area (Å²) in [4.78, 5) is 21.0. The molecule has 0 radical (unpaired) electrons. The van der Waals surface area contributed by atoms with Gasteiger partial charge in [-0.2, -0.15) is 0 Å². The van der Waals surface area contributed by atoms with E-state index in [0.29, 0.717) is 0 Å². The van der Waals surface area contributed by atoms with Crippen LogP contribution >= 0.6 is 0 Å². The standard InChI is InChI=1S/C10H10FNO4/c1-15-6-3-7(11)10(8(4-6)16-2)12-9(14)5-13/h3-5H,1-2H3,(H,12,14). The molecule has 1 rings (SSSR count). The zero-order chi connectivity index (χ0) is 12.1. The number of benzene rings is 1. The molecule has 0 saturated carbocycles. The predicted molar refractivity (Wildman–Crippen MR) is 54.2 cm³/mol. The summed E-state index contributed by atoms with van der Waals surface area (Å²) >= 11 is 0. The van der Waals surface area contributed by atoms with Gasteiger partial charge in [0.25, 0.3) is 5.91 Å². The predicted octanol–water partition coefficient (Wildman–Crippen LogP) is 0.980. The summed E-state index contributed by atoms with van der Waals surface area (Å²) in [6, 6.07) is 2.46. The second-order valence-electron chi connectivity index (χ2n) is 2.79. The monoisotopic (exact) mass is 227 g/mol. The SMILES string of the molecule is COc1cc(F)c(NC(=O)C=O)c(OC)c1. The van der Waals surface area contributed by atoms with Gasteiger partial charge in [-0.1, -0.05) is 0 Å². The Labute approximate surface area is 91.2 Å². The van der Waals surface area contributed by atoms with Crippen molar-refractivity contribution in [3.8, 4) is 11.5 Å². The molecule has 0 bridgehead atoms. The molecule has 0 aliphatic heterocycles. The summed E-state index contributed by atoms with van der Waals surface area (Å²) in [5.41, 5.74) is -0.194. The highest BCUT2D eigenvalue weighted by atomic mass is 19.1. The Bertz CT molecular complexity index is 420. The van der Waals surface area contributed by atoms with E-state index in [-0.39, 0.29) is 23.5 Å². The van der Waals surface area contributed by atoms with Crippen LogP contribution in [0.15, 0.2) is 12.1 Å². The third-order valence-corrected chi connectivity index (χ3v) is 1.84. The Hall–Kier alpha value is -2.11. The van der Waals surface area contributed by atoms with E-state index in [1.807, 2.05) is 0 Å². The smallest absolute Gasteiger partial charge is 0.288 e. The molecule has 16 heavy (non-hydrogen) atoms. The molecule has 86 valence electrons. The number of hydrogen-bond donors (Lipinski definition) is 1. The van der Waals surface area contributed by atoms with E-state index in [1.165, 1.54) is 20.3 Å². The van der Waals surface area contributed by atoms with E-state index in [4.69, 9.17) is 9.47 Å². The number of halogens is 1. The molecule has 0 spiro atoms. The fourth-order valence-corrected chi connectivity index (χ4v) is 1.11. The van der Waals surface area contributed by atoms with Crippen molar-refractivity contribution in [3.05, 3.63) is 17.9 Å². The fourth-order valence-electron chi connectivity index (χ4n) is 1.11. The van der Waals surface area contributed by atoms with Crippen molar-refractivity contribution >= 4 is 17.9 Å². The van der Waals surface area contributed by atoms with Gasteiger partial charge >= 0.3 is 0 Å². The first-order valence-corrected chi connectivity index (χ1v) is 4.30. The lowest BCUT2D eigenvalue weighted by atomic mass is 10.2. The van der Waals surface area contributed by atoms with E-state index >= 15 is 0 Å². The molecule has 0 unspecified atom stereocenters. The molecule has 5 nitrogen and oxygen atoms in total. The molecule has 1 amide bonds. The van der Waals surface area contributed by atoms with Gasteiger partial charge in [-0.25, -0.2) is 4.39 Å². The minimum atomic E-state index is -0.956. The third-order valence-electron chi connectivity index (χ3n) is 1.84.